The van der Waals surface area contributed by atoms with Crippen LogP contribution < -0.4 is 0 Å². The van der Waals surface area contributed by atoms with Gasteiger partial charge in [-0.15, -0.1) is 0 Å². The molecule has 2 aliphatic heterocycles. The fourth-order valence-corrected chi connectivity index (χ4v) is 5.03. The first-order valence-corrected chi connectivity index (χ1v) is 10.2. The number of hydrogen-bond acceptors (Lipinski definition) is 7. The number of nitrogens with zero attached hydrogens (tertiary/aromatic N) is 3. The molecule has 1 amide bonds. The third-order valence-electron chi connectivity index (χ3n) is 5.35. The minimum absolute atomic E-state index is 0.00383. The number of thioether (sulfide) groups is 1. The molecule has 2 fully saturated rings. The first-order valence-electron chi connectivity index (χ1n) is 9.36. The Balaban J connectivity index is 1.63. The van der Waals surface area contributed by atoms with Crippen molar-refractivity contribution in [3.05, 3.63) is 39.9 Å². The summed E-state index contributed by atoms with van der Waals surface area (Å²) >= 11 is 1.30. The van der Waals surface area contributed by atoms with Gasteiger partial charge in [-0.25, -0.2) is 4.79 Å². The highest BCUT2D eigenvalue weighted by molar-refractivity contribution is 8.14. The number of rotatable bonds is 5. The van der Waals surface area contributed by atoms with Gasteiger partial charge in [0.05, 0.1) is 4.92 Å². The number of likely N-dealkylation sites (tertiary alicyclic amines) is 2. The van der Waals surface area contributed by atoms with Gasteiger partial charge >= 0.3 is 6.09 Å². The second kappa shape index (κ2) is 8.91. The molecule has 1 aromatic rings. The number of carbonyl (C=O) groups excluding carboxylic acids is 2. The molecule has 3 atom stereocenters. The highest BCUT2D eigenvalue weighted by Crippen LogP contribution is 2.35. The van der Waals surface area contributed by atoms with E-state index in [1.807, 2.05) is 0 Å². The fraction of sp³-hybridized carbons (Fsp3) is 0.579. The van der Waals surface area contributed by atoms with Crippen molar-refractivity contribution >= 4 is 28.7 Å². The van der Waals surface area contributed by atoms with Gasteiger partial charge in [0.25, 0.3) is 5.69 Å². The number of benzene rings is 1. The molecule has 28 heavy (non-hydrogen) atoms. The van der Waals surface area contributed by atoms with Gasteiger partial charge in [-0.2, -0.15) is 0 Å². The maximum Gasteiger partial charge on any atom is 0.410 e. The Bertz CT molecular complexity index is 742. The van der Waals surface area contributed by atoms with E-state index in [1.165, 1.54) is 23.9 Å². The minimum Gasteiger partial charge on any atom is -0.445 e. The molecule has 2 heterocycles. The summed E-state index contributed by atoms with van der Waals surface area (Å²) in [5, 5.41) is 10.9. The molecular weight excluding hydrogens is 382 g/mol. The number of amides is 1. The summed E-state index contributed by atoms with van der Waals surface area (Å²) in [6.07, 6.45) is 1.45. The zero-order valence-electron chi connectivity index (χ0n) is 16.1. The van der Waals surface area contributed by atoms with Crippen molar-refractivity contribution in [2.75, 3.05) is 26.7 Å². The monoisotopic (exact) mass is 407 g/mol. The van der Waals surface area contributed by atoms with Gasteiger partial charge in [0.15, 0.2) is 5.12 Å². The van der Waals surface area contributed by atoms with Crippen molar-refractivity contribution < 1.29 is 19.2 Å². The molecule has 0 radical (unpaired) electrons. The molecule has 0 saturated carbocycles. The first kappa shape index (κ1) is 20.6. The van der Waals surface area contributed by atoms with E-state index in [2.05, 4.69) is 11.9 Å². The molecule has 2 saturated heterocycles. The maximum absolute atomic E-state index is 12.8. The van der Waals surface area contributed by atoms with Crippen molar-refractivity contribution in [3.63, 3.8) is 0 Å². The average molecular weight is 407 g/mol. The van der Waals surface area contributed by atoms with Gasteiger partial charge in [0.1, 0.15) is 6.61 Å². The lowest BCUT2D eigenvalue weighted by Crippen LogP contribution is -2.41. The van der Waals surface area contributed by atoms with Crippen molar-refractivity contribution in [3.8, 4) is 0 Å². The zero-order valence-corrected chi connectivity index (χ0v) is 16.9. The predicted octanol–water partition coefficient (Wildman–Crippen LogP) is 2.91. The molecule has 152 valence electrons. The van der Waals surface area contributed by atoms with Gasteiger partial charge < -0.3 is 14.5 Å². The number of carbonyl (C=O) groups is 2. The van der Waals surface area contributed by atoms with Crippen LogP contribution in [0.5, 0.6) is 0 Å². The standard InChI is InChI=1S/C19H25N3O5S/c1-13(23)28-17-9-18(15-7-8-20(2)10-15)21(11-17)19(24)27-12-14-3-5-16(6-4-14)22(25)26/h3-6,15,17-18H,7-12H2,1-2H3/t15-,17-,18-/m0/s1. The summed E-state index contributed by atoms with van der Waals surface area (Å²) in [6, 6.07) is 6.05. The van der Waals surface area contributed by atoms with Crippen LogP contribution >= 0.6 is 11.8 Å². The molecule has 1 aromatic carbocycles. The number of nitro groups is 1. The molecule has 9 heteroatoms. The summed E-state index contributed by atoms with van der Waals surface area (Å²) < 4.78 is 5.49. The average Bonchev–Trinajstić information content (AvgIpc) is 3.25. The Hall–Kier alpha value is -2.13. The van der Waals surface area contributed by atoms with E-state index in [-0.39, 0.29) is 34.8 Å². The number of ether oxygens (including phenoxy) is 1. The number of nitro benzene ring substituents is 1. The lowest BCUT2D eigenvalue weighted by molar-refractivity contribution is -0.384. The summed E-state index contributed by atoms with van der Waals surface area (Å²) in [4.78, 5) is 38.6. The second-order valence-corrected chi connectivity index (χ2v) is 8.95. The lowest BCUT2D eigenvalue weighted by atomic mass is 9.97. The van der Waals surface area contributed by atoms with Gasteiger partial charge in [-0.3, -0.25) is 14.9 Å². The smallest absolute Gasteiger partial charge is 0.410 e. The van der Waals surface area contributed by atoms with Crippen LogP contribution in [-0.4, -0.2) is 63.9 Å². The van der Waals surface area contributed by atoms with Crippen molar-refractivity contribution in [1.82, 2.24) is 9.80 Å². The zero-order chi connectivity index (χ0) is 20.3. The van der Waals surface area contributed by atoms with E-state index in [0.29, 0.717) is 18.0 Å². The molecule has 0 aliphatic carbocycles. The summed E-state index contributed by atoms with van der Waals surface area (Å²) in [5.41, 5.74) is 0.703. The molecule has 0 spiro atoms. The van der Waals surface area contributed by atoms with Gasteiger partial charge in [-0.05, 0) is 50.0 Å². The molecule has 3 rings (SSSR count). The Morgan fingerprint density at radius 2 is 2.00 bits per heavy atom. The molecule has 0 bridgehead atoms. The summed E-state index contributed by atoms with van der Waals surface area (Å²) in [5.74, 6) is 0.384. The first-order chi connectivity index (χ1) is 13.3. The summed E-state index contributed by atoms with van der Waals surface area (Å²) in [7, 11) is 2.08. The SMILES string of the molecule is CC(=O)S[C@H]1C[C@@H]([C@H]2CCN(C)C2)N(C(=O)OCc2ccc([N+](=O)[O-])cc2)C1. The third-order valence-corrected chi connectivity index (χ3v) is 6.36. The van der Waals surface area contributed by atoms with Crippen molar-refractivity contribution in [2.45, 2.75) is 37.7 Å². The van der Waals surface area contributed by atoms with Crippen LogP contribution in [0.15, 0.2) is 24.3 Å². The normalized spacial score (nSPS) is 25.1. The Morgan fingerprint density at radius 3 is 2.57 bits per heavy atom. The van der Waals surface area contributed by atoms with E-state index in [1.54, 1.807) is 24.0 Å². The predicted molar refractivity (Wildman–Crippen MR) is 106 cm³/mol. The van der Waals surface area contributed by atoms with Crippen LogP contribution in [0.4, 0.5) is 10.5 Å². The summed E-state index contributed by atoms with van der Waals surface area (Å²) in [6.45, 7) is 4.08. The van der Waals surface area contributed by atoms with Gasteiger partial charge in [0.2, 0.25) is 0 Å². The molecule has 0 N–H and O–H groups in total. The van der Waals surface area contributed by atoms with Gasteiger partial charge in [-0.1, -0.05) is 11.8 Å². The van der Waals surface area contributed by atoms with E-state index in [0.717, 1.165) is 25.9 Å². The highest BCUT2D eigenvalue weighted by Gasteiger charge is 2.42. The largest absolute Gasteiger partial charge is 0.445 e. The fourth-order valence-electron chi connectivity index (χ4n) is 4.03. The van der Waals surface area contributed by atoms with Crippen molar-refractivity contribution in [2.24, 2.45) is 5.92 Å². The van der Waals surface area contributed by atoms with Gasteiger partial charge in [0, 0.05) is 43.4 Å². The Kier molecular flexibility index (Phi) is 6.56. The van der Waals surface area contributed by atoms with E-state index < -0.39 is 4.92 Å². The van der Waals surface area contributed by atoms with Crippen LogP contribution in [0.1, 0.15) is 25.3 Å². The molecule has 0 aromatic heterocycles. The second-order valence-electron chi connectivity index (χ2n) is 7.48. The van der Waals surface area contributed by atoms with E-state index in [9.17, 15) is 19.7 Å². The Morgan fingerprint density at radius 1 is 1.29 bits per heavy atom. The van der Waals surface area contributed by atoms with Crippen LogP contribution in [0.25, 0.3) is 0 Å². The van der Waals surface area contributed by atoms with E-state index in [4.69, 9.17) is 4.74 Å². The maximum atomic E-state index is 12.8. The third kappa shape index (κ3) is 5.02. The van der Waals surface area contributed by atoms with Crippen molar-refractivity contribution in [1.29, 1.82) is 0 Å². The Labute approximate surface area is 168 Å². The number of hydrogen-bond donors (Lipinski definition) is 0. The van der Waals surface area contributed by atoms with Crippen LogP contribution in [0.2, 0.25) is 0 Å². The molecular formula is C19H25N3O5S. The quantitative estimate of drug-likeness (QED) is 0.547. The van der Waals surface area contributed by atoms with Crippen LogP contribution in [0.3, 0.4) is 0 Å². The lowest BCUT2D eigenvalue weighted by Gasteiger charge is -2.28. The molecule has 2 aliphatic rings. The molecule has 8 nitrogen and oxygen atoms in total. The van der Waals surface area contributed by atoms with Crippen LogP contribution in [-0.2, 0) is 16.1 Å². The highest BCUT2D eigenvalue weighted by atomic mass is 32.2. The minimum atomic E-state index is -0.462. The molecule has 0 unspecified atom stereocenters. The van der Waals surface area contributed by atoms with E-state index >= 15 is 0 Å². The number of non-ortho nitro benzene ring substituents is 1. The topological polar surface area (TPSA) is 93.0 Å². The van der Waals surface area contributed by atoms with Crippen LogP contribution in [0, 0.1) is 16.0 Å².